The summed E-state index contributed by atoms with van der Waals surface area (Å²) in [7, 11) is 8.37. The van der Waals surface area contributed by atoms with Gasteiger partial charge in [0.05, 0.1) is 0 Å². The standard InChI is InChI=1S/C10H22N2/c1-8(2)10(12(6)7)9(3)11(4)5/h8H,1-7H3/b10-9-. The molecule has 0 aromatic heterocycles. The molecule has 0 spiro atoms. The zero-order chi connectivity index (χ0) is 9.89. The first-order valence-corrected chi connectivity index (χ1v) is 4.43. The first kappa shape index (κ1) is 11.3. The highest BCUT2D eigenvalue weighted by Gasteiger charge is 2.10. The van der Waals surface area contributed by atoms with E-state index in [2.05, 4.69) is 58.8 Å². The van der Waals surface area contributed by atoms with E-state index in [9.17, 15) is 0 Å². The largest absolute Gasteiger partial charge is 0.380 e. The molecule has 0 aliphatic carbocycles. The Bertz CT molecular complexity index is 157. The van der Waals surface area contributed by atoms with Crippen molar-refractivity contribution in [3.8, 4) is 0 Å². The van der Waals surface area contributed by atoms with Crippen LogP contribution in [0.15, 0.2) is 11.4 Å². The van der Waals surface area contributed by atoms with Crippen molar-refractivity contribution in [3.63, 3.8) is 0 Å². The quantitative estimate of drug-likeness (QED) is 0.639. The van der Waals surface area contributed by atoms with Gasteiger partial charge in [-0.3, -0.25) is 0 Å². The third-order valence-corrected chi connectivity index (χ3v) is 2.07. The molecule has 0 N–H and O–H groups in total. The molecule has 0 bridgehead atoms. The Kier molecular flexibility index (Phi) is 4.15. The molecule has 2 heteroatoms. The van der Waals surface area contributed by atoms with Crippen LogP contribution in [0.3, 0.4) is 0 Å². The molecule has 0 saturated heterocycles. The second-order valence-electron chi connectivity index (χ2n) is 3.91. The zero-order valence-corrected chi connectivity index (χ0v) is 9.47. The summed E-state index contributed by atoms with van der Waals surface area (Å²) in [6.07, 6.45) is 0. The molecular formula is C10H22N2. The highest BCUT2D eigenvalue weighted by Crippen LogP contribution is 2.17. The van der Waals surface area contributed by atoms with Gasteiger partial charge in [-0.2, -0.15) is 0 Å². The minimum absolute atomic E-state index is 0.586. The van der Waals surface area contributed by atoms with Crippen LogP contribution in [0, 0.1) is 5.92 Å². The zero-order valence-electron chi connectivity index (χ0n) is 9.47. The second kappa shape index (κ2) is 4.39. The Morgan fingerprint density at radius 1 is 0.917 bits per heavy atom. The van der Waals surface area contributed by atoms with Crippen molar-refractivity contribution in [1.29, 1.82) is 0 Å². The van der Waals surface area contributed by atoms with Crippen molar-refractivity contribution in [2.75, 3.05) is 28.2 Å². The molecule has 0 aliphatic heterocycles. The Morgan fingerprint density at radius 3 is 1.42 bits per heavy atom. The summed E-state index contributed by atoms with van der Waals surface area (Å²) < 4.78 is 0. The lowest BCUT2D eigenvalue weighted by Gasteiger charge is -2.27. The van der Waals surface area contributed by atoms with Crippen LogP contribution in [-0.2, 0) is 0 Å². The molecule has 2 nitrogen and oxygen atoms in total. The van der Waals surface area contributed by atoms with E-state index in [-0.39, 0.29) is 0 Å². The molecule has 0 heterocycles. The molecular weight excluding hydrogens is 148 g/mol. The van der Waals surface area contributed by atoms with Crippen LogP contribution in [0.1, 0.15) is 20.8 Å². The number of hydrogen-bond donors (Lipinski definition) is 0. The van der Waals surface area contributed by atoms with E-state index in [1.54, 1.807) is 0 Å². The molecule has 0 unspecified atom stereocenters. The summed E-state index contributed by atoms with van der Waals surface area (Å²) in [6.45, 7) is 6.61. The average Bonchev–Trinajstić information content (AvgIpc) is 1.85. The number of rotatable bonds is 3. The number of hydrogen-bond acceptors (Lipinski definition) is 2. The van der Waals surface area contributed by atoms with Crippen molar-refractivity contribution in [1.82, 2.24) is 9.80 Å². The molecule has 0 aliphatic rings. The minimum Gasteiger partial charge on any atom is -0.380 e. The molecule has 0 radical (unpaired) electrons. The van der Waals surface area contributed by atoms with Crippen molar-refractivity contribution < 1.29 is 0 Å². The van der Waals surface area contributed by atoms with Gasteiger partial charge in [0.15, 0.2) is 0 Å². The van der Waals surface area contributed by atoms with Crippen LogP contribution in [0.5, 0.6) is 0 Å². The first-order chi connectivity index (χ1) is 5.37. The van der Waals surface area contributed by atoms with Crippen LogP contribution in [0.25, 0.3) is 0 Å². The molecule has 0 rings (SSSR count). The molecule has 0 aromatic rings. The van der Waals surface area contributed by atoms with E-state index in [4.69, 9.17) is 0 Å². The van der Waals surface area contributed by atoms with E-state index >= 15 is 0 Å². The molecule has 0 saturated carbocycles. The van der Waals surface area contributed by atoms with Gasteiger partial charge in [0.2, 0.25) is 0 Å². The van der Waals surface area contributed by atoms with E-state index in [1.165, 1.54) is 11.4 Å². The highest BCUT2D eigenvalue weighted by molar-refractivity contribution is 5.10. The second-order valence-corrected chi connectivity index (χ2v) is 3.91. The summed E-state index contributed by atoms with van der Waals surface area (Å²) >= 11 is 0. The first-order valence-electron chi connectivity index (χ1n) is 4.43. The third kappa shape index (κ3) is 2.76. The number of nitrogens with zero attached hydrogens (tertiary/aromatic N) is 2. The van der Waals surface area contributed by atoms with Crippen LogP contribution in [0.2, 0.25) is 0 Å². The normalized spacial score (nSPS) is 13.0. The van der Waals surface area contributed by atoms with Gasteiger partial charge in [-0.1, -0.05) is 13.8 Å². The molecule has 0 amide bonds. The van der Waals surface area contributed by atoms with E-state index in [0.717, 1.165) is 0 Å². The van der Waals surface area contributed by atoms with Gasteiger partial charge in [-0.05, 0) is 12.8 Å². The van der Waals surface area contributed by atoms with Crippen molar-refractivity contribution in [3.05, 3.63) is 11.4 Å². The van der Waals surface area contributed by atoms with Crippen LogP contribution >= 0.6 is 0 Å². The average molecular weight is 170 g/mol. The summed E-state index contributed by atoms with van der Waals surface area (Å²) in [6, 6.07) is 0. The predicted octanol–water partition coefficient (Wildman–Crippen LogP) is 2.00. The van der Waals surface area contributed by atoms with Crippen molar-refractivity contribution in [2.45, 2.75) is 20.8 Å². The number of allylic oxidation sites excluding steroid dienone is 2. The van der Waals surface area contributed by atoms with Gasteiger partial charge >= 0.3 is 0 Å². The third-order valence-electron chi connectivity index (χ3n) is 2.07. The molecule has 12 heavy (non-hydrogen) atoms. The van der Waals surface area contributed by atoms with Gasteiger partial charge < -0.3 is 9.80 Å². The fourth-order valence-electron chi connectivity index (χ4n) is 1.49. The monoisotopic (exact) mass is 170 g/mol. The van der Waals surface area contributed by atoms with Gasteiger partial charge in [0, 0.05) is 39.6 Å². The maximum Gasteiger partial charge on any atom is 0.0345 e. The highest BCUT2D eigenvalue weighted by atomic mass is 15.1. The minimum atomic E-state index is 0.586. The van der Waals surface area contributed by atoms with Gasteiger partial charge in [-0.25, -0.2) is 0 Å². The fraction of sp³-hybridized carbons (Fsp3) is 0.800. The predicted molar refractivity (Wildman–Crippen MR) is 54.9 cm³/mol. The Morgan fingerprint density at radius 2 is 1.33 bits per heavy atom. The summed E-state index contributed by atoms with van der Waals surface area (Å²) in [4.78, 5) is 4.36. The topological polar surface area (TPSA) is 6.48 Å². The SMILES string of the molecule is C/C(=C(\C(C)C)N(C)C)N(C)C. The van der Waals surface area contributed by atoms with Crippen molar-refractivity contribution in [2.24, 2.45) is 5.92 Å². The summed E-state index contributed by atoms with van der Waals surface area (Å²) in [5, 5.41) is 0. The Hall–Kier alpha value is -0.660. The smallest absolute Gasteiger partial charge is 0.0345 e. The van der Waals surface area contributed by atoms with E-state index in [0.29, 0.717) is 5.92 Å². The van der Waals surface area contributed by atoms with Crippen LogP contribution in [0.4, 0.5) is 0 Å². The summed E-state index contributed by atoms with van der Waals surface area (Å²) in [5.41, 5.74) is 2.75. The maximum atomic E-state index is 2.22. The van der Waals surface area contributed by atoms with Gasteiger partial charge in [-0.15, -0.1) is 0 Å². The Labute approximate surface area is 76.9 Å². The molecule has 72 valence electrons. The molecule has 0 atom stereocenters. The van der Waals surface area contributed by atoms with E-state index < -0.39 is 0 Å². The van der Waals surface area contributed by atoms with Crippen molar-refractivity contribution >= 4 is 0 Å². The van der Waals surface area contributed by atoms with Crippen LogP contribution < -0.4 is 0 Å². The van der Waals surface area contributed by atoms with Gasteiger partial charge in [0.25, 0.3) is 0 Å². The maximum absolute atomic E-state index is 2.22. The van der Waals surface area contributed by atoms with E-state index in [1.807, 2.05) is 0 Å². The lowest BCUT2D eigenvalue weighted by Crippen LogP contribution is -2.23. The molecule has 0 fully saturated rings. The fourth-order valence-corrected chi connectivity index (χ4v) is 1.49. The van der Waals surface area contributed by atoms with Gasteiger partial charge in [0.1, 0.15) is 0 Å². The summed E-state index contributed by atoms with van der Waals surface area (Å²) in [5.74, 6) is 0.586. The lowest BCUT2D eigenvalue weighted by atomic mass is 10.1. The lowest BCUT2D eigenvalue weighted by molar-refractivity contribution is 0.396. The van der Waals surface area contributed by atoms with Crippen LogP contribution in [-0.4, -0.2) is 38.0 Å². The molecule has 0 aromatic carbocycles. The Balaban J connectivity index is 4.81.